The molecule has 1 atom stereocenters. The molecule has 2 N–H and O–H groups in total. The molecule has 29 heavy (non-hydrogen) atoms. The number of ether oxygens (including phenoxy) is 2. The molecule has 0 saturated heterocycles. The number of carbonyl (C=O) groups is 1. The van der Waals surface area contributed by atoms with Gasteiger partial charge in [0.05, 0.1) is 24.9 Å². The lowest BCUT2D eigenvalue weighted by Gasteiger charge is -2.32. The highest BCUT2D eigenvalue weighted by Crippen LogP contribution is 2.30. The van der Waals surface area contributed by atoms with Crippen LogP contribution < -0.4 is 10.1 Å². The number of nitrogens with zero attached hydrogens (tertiary/aromatic N) is 1. The molecule has 1 aromatic heterocycles. The molecule has 2 aromatic rings. The summed E-state index contributed by atoms with van der Waals surface area (Å²) in [6.07, 6.45) is 4.98. The van der Waals surface area contributed by atoms with Gasteiger partial charge in [-0.05, 0) is 76.5 Å². The first-order valence-electron chi connectivity index (χ1n) is 10.3. The van der Waals surface area contributed by atoms with E-state index in [0.29, 0.717) is 12.2 Å². The first-order chi connectivity index (χ1) is 13.7. The molecule has 1 saturated carbocycles. The number of aliphatic hydroxyl groups excluding tert-OH is 1. The zero-order valence-corrected chi connectivity index (χ0v) is 17.8. The van der Waals surface area contributed by atoms with Gasteiger partial charge in [0.2, 0.25) is 0 Å². The Kier molecular flexibility index (Phi) is 6.63. The molecule has 0 radical (unpaired) electrons. The molecule has 1 aromatic carbocycles. The maximum Gasteiger partial charge on any atom is 0.407 e. The number of nitrogens with one attached hydrogen (secondary N) is 1. The maximum absolute atomic E-state index is 12.0. The van der Waals surface area contributed by atoms with E-state index in [0.717, 1.165) is 42.1 Å². The number of pyridine rings is 1. The van der Waals surface area contributed by atoms with E-state index in [1.54, 1.807) is 13.3 Å². The number of hydrogen-bond donors (Lipinski definition) is 2. The fraction of sp³-hybridized carbons (Fsp3) is 0.565. The number of hydrogen-bond acceptors (Lipinski definition) is 5. The third kappa shape index (κ3) is 5.82. The molecule has 0 aliphatic heterocycles. The molecule has 0 bridgehead atoms. The van der Waals surface area contributed by atoms with Crippen molar-refractivity contribution < 1.29 is 19.4 Å². The van der Waals surface area contributed by atoms with Crippen molar-refractivity contribution in [2.75, 3.05) is 7.11 Å². The number of amides is 1. The van der Waals surface area contributed by atoms with Gasteiger partial charge in [-0.1, -0.05) is 12.1 Å². The van der Waals surface area contributed by atoms with Gasteiger partial charge < -0.3 is 19.9 Å². The zero-order chi connectivity index (χ0) is 21.0. The molecule has 1 aliphatic rings. The monoisotopic (exact) mass is 400 g/mol. The number of carbonyl (C=O) groups excluding carboxylic acids is 1. The lowest BCUT2D eigenvalue weighted by atomic mass is 9.80. The van der Waals surface area contributed by atoms with Crippen LogP contribution in [0.15, 0.2) is 30.5 Å². The van der Waals surface area contributed by atoms with Gasteiger partial charge in [-0.15, -0.1) is 0 Å². The van der Waals surface area contributed by atoms with Crippen molar-refractivity contribution in [2.45, 2.75) is 70.6 Å². The largest absolute Gasteiger partial charge is 0.495 e. The fourth-order valence-electron chi connectivity index (χ4n) is 4.00. The molecule has 0 spiro atoms. The Morgan fingerprint density at radius 3 is 2.66 bits per heavy atom. The van der Waals surface area contributed by atoms with Gasteiger partial charge in [0.1, 0.15) is 11.4 Å². The van der Waals surface area contributed by atoms with E-state index in [9.17, 15) is 9.90 Å². The van der Waals surface area contributed by atoms with Crippen molar-refractivity contribution in [2.24, 2.45) is 5.92 Å². The second kappa shape index (κ2) is 8.99. The summed E-state index contributed by atoms with van der Waals surface area (Å²) < 4.78 is 10.6. The molecule has 1 heterocycles. The first kappa shape index (κ1) is 21.4. The molecule has 1 aliphatic carbocycles. The number of rotatable bonds is 5. The van der Waals surface area contributed by atoms with Crippen LogP contribution in [0.2, 0.25) is 0 Å². The van der Waals surface area contributed by atoms with Gasteiger partial charge in [0, 0.05) is 11.4 Å². The second-order valence-electron chi connectivity index (χ2n) is 8.89. The standard InChI is InChI=1S/C23H32N2O4/c1-23(2,3)29-22(27)25-17-10-8-15(9-11-17)21(26)12-16-6-5-7-20-19(16)13-18(28-4)14-24-20/h5-7,13-15,17,21,26H,8-12H2,1-4H3,(H,25,27). The number of alkyl carbamates (subject to hydrolysis) is 1. The molecule has 1 unspecified atom stereocenters. The van der Waals surface area contributed by atoms with E-state index in [1.807, 2.05) is 45.0 Å². The molecule has 1 amide bonds. The molecule has 158 valence electrons. The van der Waals surface area contributed by atoms with Crippen molar-refractivity contribution >= 4 is 17.0 Å². The van der Waals surface area contributed by atoms with E-state index in [4.69, 9.17) is 9.47 Å². The minimum atomic E-state index is -0.493. The lowest BCUT2D eigenvalue weighted by Crippen LogP contribution is -2.42. The van der Waals surface area contributed by atoms with E-state index in [2.05, 4.69) is 10.3 Å². The summed E-state index contributed by atoms with van der Waals surface area (Å²) in [7, 11) is 1.63. The second-order valence-corrected chi connectivity index (χ2v) is 8.89. The summed E-state index contributed by atoms with van der Waals surface area (Å²) in [5.74, 6) is 0.939. The average molecular weight is 401 g/mol. The SMILES string of the molecule is COc1cnc2cccc(CC(O)C3CCC(NC(=O)OC(C)(C)C)CC3)c2c1. The van der Waals surface area contributed by atoms with Crippen LogP contribution in [0.25, 0.3) is 10.9 Å². The molecule has 3 rings (SSSR count). The van der Waals surface area contributed by atoms with Crippen LogP contribution in [0, 0.1) is 5.92 Å². The molecule has 6 heteroatoms. The summed E-state index contributed by atoms with van der Waals surface area (Å²) >= 11 is 0. The topological polar surface area (TPSA) is 80.7 Å². The molecular weight excluding hydrogens is 368 g/mol. The highest BCUT2D eigenvalue weighted by molar-refractivity contribution is 5.83. The third-order valence-electron chi connectivity index (χ3n) is 5.49. The number of fused-ring (bicyclic) bond motifs is 1. The minimum Gasteiger partial charge on any atom is -0.495 e. The van der Waals surface area contributed by atoms with Crippen LogP contribution in [-0.2, 0) is 11.2 Å². The smallest absolute Gasteiger partial charge is 0.407 e. The van der Waals surface area contributed by atoms with Gasteiger partial charge in [-0.3, -0.25) is 4.98 Å². The van der Waals surface area contributed by atoms with Gasteiger partial charge in [-0.2, -0.15) is 0 Å². The highest BCUT2D eigenvalue weighted by atomic mass is 16.6. The van der Waals surface area contributed by atoms with Crippen molar-refractivity contribution in [3.8, 4) is 5.75 Å². The Morgan fingerprint density at radius 2 is 2.00 bits per heavy atom. The predicted octanol–water partition coefficient (Wildman–Crippen LogP) is 4.23. The number of aromatic nitrogens is 1. The van der Waals surface area contributed by atoms with Gasteiger partial charge in [0.15, 0.2) is 0 Å². The van der Waals surface area contributed by atoms with Crippen LogP contribution in [-0.4, -0.2) is 41.0 Å². The van der Waals surface area contributed by atoms with Crippen LogP contribution in [0.5, 0.6) is 5.75 Å². The molecule has 6 nitrogen and oxygen atoms in total. The molecule has 1 fully saturated rings. The van der Waals surface area contributed by atoms with Gasteiger partial charge in [-0.25, -0.2) is 4.79 Å². The Bertz CT molecular complexity index is 838. The zero-order valence-electron chi connectivity index (χ0n) is 17.8. The Labute approximate surface area is 172 Å². The summed E-state index contributed by atoms with van der Waals surface area (Å²) in [6.45, 7) is 5.58. The van der Waals surface area contributed by atoms with Crippen molar-refractivity contribution in [3.63, 3.8) is 0 Å². The average Bonchev–Trinajstić information content (AvgIpc) is 2.67. The summed E-state index contributed by atoms with van der Waals surface area (Å²) in [4.78, 5) is 16.4. The third-order valence-corrected chi connectivity index (χ3v) is 5.49. The normalized spacial score (nSPS) is 20.9. The van der Waals surface area contributed by atoms with Crippen molar-refractivity contribution in [1.82, 2.24) is 10.3 Å². The summed E-state index contributed by atoms with van der Waals surface area (Å²) in [6, 6.07) is 8.08. The van der Waals surface area contributed by atoms with E-state index in [-0.39, 0.29) is 18.1 Å². The van der Waals surface area contributed by atoms with Crippen molar-refractivity contribution in [3.05, 3.63) is 36.0 Å². The van der Waals surface area contributed by atoms with Crippen LogP contribution in [0.1, 0.15) is 52.0 Å². The van der Waals surface area contributed by atoms with Crippen LogP contribution >= 0.6 is 0 Å². The van der Waals surface area contributed by atoms with Gasteiger partial charge >= 0.3 is 6.09 Å². The lowest BCUT2D eigenvalue weighted by molar-refractivity contribution is 0.0451. The fourth-order valence-corrected chi connectivity index (χ4v) is 4.00. The summed E-state index contributed by atoms with van der Waals surface area (Å²) in [5, 5.41) is 14.8. The minimum absolute atomic E-state index is 0.110. The van der Waals surface area contributed by atoms with E-state index < -0.39 is 11.7 Å². The van der Waals surface area contributed by atoms with E-state index in [1.165, 1.54) is 0 Å². The Hall–Kier alpha value is -2.34. The number of benzene rings is 1. The summed E-state index contributed by atoms with van der Waals surface area (Å²) in [5.41, 5.74) is 1.49. The van der Waals surface area contributed by atoms with Gasteiger partial charge in [0.25, 0.3) is 0 Å². The van der Waals surface area contributed by atoms with E-state index >= 15 is 0 Å². The highest BCUT2D eigenvalue weighted by Gasteiger charge is 2.28. The Balaban J connectivity index is 1.57. The number of methoxy groups -OCH3 is 1. The Morgan fingerprint density at radius 1 is 1.28 bits per heavy atom. The molecular formula is C23H32N2O4. The number of aliphatic hydroxyl groups is 1. The maximum atomic E-state index is 12.0. The quantitative estimate of drug-likeness (QED) is 0.785. The van der Waals surface area contributed by atoms with Crippen LogP contribution in [0.4, 0.5) is 4.79 Å². The predicted molar refractivity (Wildman–Crippen MR) is 113 cm³/mol. The van der Waals surface area contributed by atoms with Crippen LogP contribution in [0.3, 0.4) is 0 Å². The first-order valence-corrected chi connectivity index (χ1v) is 10.3. The van der Waals surface area contributed by atoms with Crippen molar-refractivity contribution in [1.29, 1.82) is 0 Å².